The Hall–Kier alpha value is -2.50. The molecule has 0 aliphatic carbocycles. The topological polar surface area (TPSA) is 79.8 Å². The highest BCUT2D eigenvalue weighted by Gasteiger charge is 2.07. The molecule has 2 N–H and O–H groups in total. The fraction of sp³-hybridized carbons (Fsp3) is 0.286. The van der Waals surface area contributed by atoms with E-state index in [9.17, 15) is 4.79 Å². The van der Waals surface area contributed by atoms with Crippen molar-refractivity contribution in [1.82, 2.24) is 20.5 Å². The number of rotatable bonds is 6. The van der Waals surface area contributed by atoms with Crippen molar-refractivity contribution in [3.8, 4) is 0 Å². The van der Waals surface area contributed by atoms with Gasteiger partial charge < -0.3 is 10.6 Å². The number of nitrogens with one attached hydrogen (secondary N) is 2. The Balaban J connectivity index is 1.89. The fourth-order valence-electron chi connectivity index (χ4n) is 1.59. The predicted octanol–water partition coefficient (Wildman–Crippen LogP) is 1.62. The Bertz CT molecular complexity index is 541. The van der Waals surface area contributed by atoms with E-state index in [1.807, 2.05) is 6.07 Å². The minimum atomic E-state index is -0.224. The molecule has 2 aromatic heterocycles. The first-order valence-corrected chi connectivity index (χ1v) is 6.54. The van der Waals surface area contributed by atoms with Crippen molar-refractivity contribution in [3.63, 3.8) is 0 Å². The monoisotopic (exact) mass is 271 g/mol. The van der Waals surface area contributed by atoms with Gasteiger partial charge in [0.05, 0.1) is 24.1 Å². The van der Waals surface area contributed by atoms with Gasteiger partial charge in [-0.05, 0) is 30.7 Å². The summed E-state index contributed by atoms with van der Waals surface area (Å²) in [5.41, 5.74) is 2.01. The van der Waals surface area contributed by atoms with Gasteiger partial charge in [0, 0.05) is 12.7 Å². The highest BCUT2D eigenvalue weighted by molar-refractivity contribution is 5.92. The summed E-state index contributed by atoms with van der Waals surface area (Å²) in [6.07, 6.45) is 4.29. The van der Waals surface area contributed by atoms with Crippen molar-refractivity contribution in [2.24, 2.45) is 0 Å². The molecule has 2 heterocycles. The van der Waals surface area contributed by atoms with Gasteiger partial charge in [0.1, 0.15) is 5.69 Å². The lowest BCUT2D eigenvalue weighted by Crippen LogP contribution is -2.24. The average Bonchev–Trinajstić information content (AvgIpc) is 2.52. The van der Waals surface area contributed by atoms with Crippen LogP contribution in [0.2, 0.25) is 0 Å². The van der Waals surface area contributed by atoms with Crippen LogP contribution in [0.25, 0.3) is 0 Å². The first-order valence-electron chi connectivity index (χ1n) is 6.54. The third kappa shape index (κ3) is 4.01. The van der Waals surface area contributed by atoms with Crippen LogP contribution in [0.3, 0.4) is 0 Å². The van der Waals surface area contributed by atoms with Gasteiger partial charge in [0.15, 0.2) is 0 Å². The molecule has 0 atom stereocenters. The maximum Gasteiger partial charge on any atom is 0.270 e. The second-order valence-corrected chi connectivity index (χ2v) is 4.26. The second-order valence-electron chi connectivity index (χ2n) is 4.26. The number of hydrogen-bond acceptors (Lipinski definition) is 5. The average molecular weight is 271 g/mol. The number of carbonyl (C=O) groups excluding carboxylic acids is 1. The van der Waals surface area contributed by atoms with E-state index < -0.39 is 0 Å². The summed E-state index contributed by atoms with van der Waals surface area (Å²) in [5, 5.41) is 13.6. The molecular formula is C14H17N5O. The molecule has 0 aliphatic rings. The summed E-state index contributed by atoms with van der Waals surface area (Å²) in [6, 6.07) is 7.13. The smallest absolute Gasteiger partial charge is 0.270 e. The summed E-state index contributed by atoms with van der Waals surface area (Å²) in [4.78, 5) is 16.0. The zero-order valence-corrected chi connectivity index (χ0v) is 11.3. The number of amides is 1. The molecule has 0 saturated heterocycles. The molecule has 20 heavy (non-hydrogen) atoms. The Morgan fingerprint density at radius 1 is 1.30 bits per heavy atom. The molecule has 0 aliphatic heterocycles. The van der Waals surface area contributed by atoms with E-state index in [1.54, 1.807) is 30.6 Å². The van der Waals surface area contributed by atoms with Crippen molar-refractivity contribution in [1.29, 1.82) is 0 Å². The van der Waals surface area contributed by atoms with E-state index in [0.717, 1.165) is 18.7 Å². The van der Waals surface area contributed by atoms with Crippen LogP contribution in [0, 0.1) is 0 Å². The zero-order valence-electron chi connectivity index (χ0n) is 11.3. The Morgan fingerprint density at radius 2 is 2.20 bits per heavy atom. The van der Waals surface area contributed by atoms with E-state index in [4.69, 9.17) is 0 Å². The lowest BCUT2D eigenvalue weighted by Gasteiger charge is -2.06. The molecule has 2 aromatic rings. The van der Waals surface area contributed by atoms with E-state index in [0.29, 0.717) is 17.9 Å². The van der Waals surface area contributed by atoms with Gasteiger partial charge in [-0.2, -0.15) is 10.2 Å². The van der Waals surface area contributed by atoms with Crippen LogP contribution in [0.1, 0.15) is 29.5 Å². The van der Waals surface area contributed by atoms with Crippen LogP contribution in [-0.2, 0) is 6.54 Å². The number of aromatic nitrogens is 3. The van der Waals surface area contributed by atoms with Crippen LogP contribution >= 0.6 is 0 Å². The molecule has 104 valence electrons. The van der Waals surface area contributed by atoms with Crippen molar-refractivity contribution in [2.75, 3.05) is 11.9 Å². The third-order valence-corrected chi connectivity index (χ3v) is 2.63. The Kier molecular flexibility index (Phi) is 5.00. The minimum absolute atomic E-state index is 0.224. The van der Waals surface area contributed by atoms with Crippen LogP contribution in [0.5, 0.6) is 0 Å². The van der Waals surface area contributed by atoms with Crippen LogP contribution in [0.4, 0.5) is 5.69 Å². The van der Waals surface area contributed by atoms with Gasteiger partial charge >= 0.3 is 0 Å². The third-order valence-electron chi connectivity index (χ3n) is 2.63. The largest absolute Gasteiger partial charge is 0.384 e. The van der Waals surface area contributed by atoms with Gasteiger partial charge in [0.25, 0.3) is 5.91 Å². The maximum absolute atomic E-state index is 11.9. The SMILES string of the molecule is CCCNc1ccc(C(=O)NCc2cccnn2)nc1. The quantitative estimate of drug-likeness (QED) is 0.834. The molecule has 0 unspecified atom stereocenters. The van der Waals surface area contributed by atoms with Gasteiger partial charge in [-0.25, -0.2) is 4.98 Å². The molecule has 6 nitrogen and oxygen atoms in total. The number of nitrogens with zero attached hydrogens (tertiary/aromatic N) is 3. The molecule has 0 bridgehead atoms. The highest BCUT2D eigenvalue weighted by atomic mass is 16.1. The van der Waals surface area contributed by atoms with E-state index in [-0.39, 0.29) is 5.91 Å². The first-order chi connectivity index (χ1) is 9.79. The standard InChI is InChI=1S/C14H17N5O/c1-2-7-15-11-5-6-13(16-9-11)14(20)17-10-12-4-3-8-18-19-12/h3-6,8-9,15H,2,7,10H2,1H3,(H,17,20). The summed E-state index contributed by atoms with van der Waals surface area (Å²) in [5.74, 6) is -0.224. The summed E-state index contributed by atoms with van der Waals surface area (Å²) in [6.45, 7) is 3.32. The van der Waals surface area contributed by atoms with Gasteiger partial charge in [-0.15, -0.1) is 0 Å². The number of carbonyl (C=O) groups is 1. The van der Waals surface area contributed by atoms with Crippen LogP contribution in [-0.4, -0.2) is 27.6 Å². The van der Waals surface area contributed by atoms with Crippen molar-refractivity contribution in [2.45, 2.75) is 19.9 Å². The Labute approximate surface area is 117 Å². The molecule has 0 spiro atoms. The summed E-state index contributed by atoms with van der Waals surface area (Å²) < 4.78 is 0. The van der Waals surface area contributed by atoms with Crippen molar-refractivity contribution < 1.29 is 4.79 Å². The molecular weight excluding hydrogens is 254 g/mol. The zero-order chi connectivity index (χ0) is 14.2. The molecule has 0 saturated carbocycles. The molecule has 6 heteroatoms. The van der Waals surface area contributed by atoms with E-state index in [1.165, 1.54) is 0 Å². The lowest BCUT2D eigenvalue weighted by molar-refractivity contribution is 0.0945. The first kappa shape index (κ1) is 13.9. The number of anilines is 1. The van der Waals surface area contributed by atoms with E-state index >= 15 is 0 Å². The molecule has 0 fully saturated rings. The normalized spacial score (nSPS) is 10.1. The van der Waals surface area contributed by atoms with Crippen molar-refractivity contribution in [3.05, 3.63) is 48.0 Å². The minimum Gasteiger partial charge on any atom is -0.384 e. The van der Waals surface area contributed by atoms with Gasteiger partial charge in [-0.1, -0.05) is 6.92 Å². The Morgan fingerprint density at radius 3 is 2.85 bits per heavy atom. The van der Waals surface area contributed by atoms with Crippen molar-refractivity contribution >= 4 is 11.6 Å². The van der Waals surface area contributed by atoms with Gasteiger partial charge in [0.2, 0.25) is 0 Å². The molecule has 1 amide bonds. The molecule has 0 radical (unpaired) electrons. The number of hydrogen-bond donors (Lipinski definition) is 2. The second kappa shape index (κ2) is 7.18. The fourth-order valence-corrected chi connectivity index (χ4v) is 1.59. The summed E-state index contributed by atoms with van der Waals surface area (Å²) >= 11 is 0. The van der Waals surface area contributed by atoms with Gasteiger partial charge in [-0.3, -0.25) is 4.79 Å². The van der Waals surface area contributed by atoms with Crippen LogP contribution < -0.4 is 10.6 Å². The van der Waals surface area contributed by atoms with Crippen LogP contribution in [0.15, 0.2) is 36.7 Å². The maximum atomic E-state index is 11.9. The number of pyridine rings is 1. The summed E-state index contributed by atoms with van der Waals surface area (Å²) in [7, 11) is 0. The molecule has 0 aromatic carbocycles. The predicted molar refractivity (Wildman–Crippen MR) is 76.2 cm³/mol. The van der Waals surface area contributed by atoms with E-state index in [2.05, 4.69) is 32.7 Å². The molecule has 2 rings (SSSR count). The lowest BCUT2D eigenvalue weighted by atomic mass is 10.3. The highest BCUT2D eigenvalue weighted by Crippen LogP contribution is 2.06.